The Bertz CT molecular complexity index is 812. The molecule has 0 spiro atoms. The van der Waals surface area contributed by atoms with Gasteiger partial charge in [0.15, 0.2) is 0 Å². The summed E-state index contributed by atoms with van der Waals surface area (Å²) in [5.74, 6) is 0.553. The Morgan fingerprint density at radius 1 is 1.22 bits per heavy atom. The highest BCUT2D eigenvalue weighted by Gasteiger charge is 2.30. The van der Waals surface area contributed by atoms with Gasteiger partial charge in [-0.15, -0.1) is 10.2 Å². The minimum atomic E-state index is -4.39. The Balaban J connectivity index is 1.99. The van der Waals surface area contributed by atoms with Crippen molar-refractivity contribution in [1.29, 1.82) is 0 Å². The number of hydrogen-bond donors (Lipinski definition) is 1. The number of aromatic amines is 1. The second-order valence-corrected chi connectivity index (χ2v) is 5.25. The fraction of sp³-hybridized carbons (Fsp3) is 0.267. The molecule has 3 rings (SSSR count). The molecule has 0 amide bonds. The first-order valence-electron chi connectivity index (χ1n) is 6.93. The van der Waals surface area contributed by atoms with E-state index in [9.17, 15) is 13.2 Å². The van der Waals surface area contributed by atoms with Gasteiger partial charge in [-0.3, -0.25) is 9.67 Å². The van der Waals surface area contributed by atoms with Crippen LogP contribution in [0.1, 0.15) is 28.3 Å². The Morgan fingerprint density at radius 3 is 2.65 bits per heavy atom. The first kappa shape index (κ1) is 15.3. The van der Waals surface area contributed by atoms with Crippen LogP contribution in [0.2, 0.25) is 0 Å². The van der Waals surface area contributed by atoms with Crippen LogP contribution in [-0.4, -0.2) is 25.0 Å². The summed E-state index contributed by atoms with van der Waals surface area (Å²) in [5.41, 5.74) is 2.37. The van der Waals surface area contributed by atoms with E-state index in [0.717, 1.165) is 29.1 Å². The number of nitrogens with zero attached hydrogens (tertiary/aromatic N) is 4. The van der Waals surface area contributed by atoms with Gasteiger partial charge in [0.05, 0.1) is 11.3 Å². The highest BCUT2D eigenvalue weighted by Crippen LogP contribution is 2.30. The van der Waals surface area contributed by atoms with Crippen molar-refractivity contribution in [3.05, 3.63) is 58.9 Å². The van der Waals surface area contributed by atoms with Gasteiger partial charge < -0.3 is 0 Å². The number of aromatic nitrogens is 5. The van der Waals surface area contributed by atoms with Crippen LogP contribution in [0.3, 0.4) is 0 Å². The molecular formula is C15H14F3N5. The molecule has 0 aliphatic carbocycles. The van der Waals surface area contributed by atoms with Crippen molar-refractivity contribution in [2.24, 2.45) is 0 Å². The van der Waals surface area contributed by atoms with E-state index in [0.29, 0.717) is 17.9 Å². The van der Waals surface area contributed by atoms with E-state index in [2.05, 4.69) is 20.4 Å². The zero-order valence-corrected chi connectivity index (χ0v) is 12.5. The normalized spacial score (nSPS) is 11.9. The zero-order valence-electron chi connectivity index (χ0n) is 12.5. The summed E-state index contributed by atoms with van der Waals surface area (Å²) in [6.45, 7) is 3.75. The van der Waals surface area contributed by atoms with Crippen LogP contribution >= 0.6 is 0 Å². The predicted molar refractivity (Wildman–Crippen MR) is 77.2 cm³/mol. The van der Waals surface area contributed by atoms with Gasteiger partial charge in [0.25, 0.3) is 0 Å². The van der Waals surface area contributed by atoms with Gasteiger partial charge in [-0.25, -0.2) is 0 Å². The quantitative estimate of drug-likeness (QED) is 0.806. The van der Waals surface area contributed by atoms with Gasteiger partial charge >= 0.3 is 6.18 Å². The maximum Gasteiger partial charge on any atom is 0.416 e. The lowest BCUT2D eigenvalue weighted by molar-refractivity contribution is -0.137. The van der Waals surface area contributed by atoms with Gasteiger partial charge in [0, 0.05) is 23.4 Å². The highest BCUT2D eigenvalue weighted by atomic mass is 19.4. The van der Waals surface area contributed by atoms with Crippen molar-refractivity contribution in [1.82, 2.24) is 25.0 Å². The zero-order chi connectivity index (χ0) is 16.6. The molecule has 0 saturated carbocycles. The van der Waals surface area contributed by atoms with Crippen LogP contribution in [0.4, 0.5) is 13.2 Å². The summed E-state index contributed by atoms with van der Waals surface area (Å²) >= 11 is 0. The number of nitrogens with one attached hydrogen (secondary N) is 1. The lowest BCUT2D eigenvalue weighted by Gasteiger charge is -2.11. The van der Waals surface area contributed by atoms with Gasteiger partial charge in [-0.05, 0) is 32.0 Å². The number of hydrogen-bond acceptors (Lipinski definition) is 3. The van der Waals surface area contributed by atoms with Crippen molar-refractivity contribution < 1.29 is 13.2 Å². The minimum absolute atomic E-state index is 0.374. The Morgan fingerprint density at radius 2 is 2.00 bits per heavy atom. The van der Waals surface area contributed by atoms with Crippen LogP contribution in [-0.2, 0) is 12.6 Å². The Kier molecular flexibility index (Phi) is 3.67. The first-order valence-corrected chi connectivity index (χ1v) is 6.93. The van der Waals surface area contributed by atoms with Crippen LogP contribution in [0, 0.1) is 13.8 Å². The van der Waals surface area contributed by atoms with Crippen LogP contribution < -0.4 is 0 Å². The molecule has 2 aromatic heterocycles. The van der Waals surface area contributed by atoms with Crippen LogP contribution in [0.5, 0.6) is 0 Å². The van der Waals surface area contributed by atoms with Crippen molar-refractivity contribution in [3.8, 4) is 5.69 Å². The van der Waals surface area contributed by atoms with Crippen molar-refractivity contribution in [2.75, 3.05) is 0 Å². The summed E-state index contributed by atoms with van der Waals surface area (Å²) < 4.78 is 40.2. The topological polar surface area (TPSA) is 59.4 Å². The lowest BCUT2D eigenvalue weighted by Crippen LogP contribution is -2.07. The third kappa shape index (κ3) is 2.96. The first-order chi connectivity index (χ1) is 10.9. The summed E-state index contributed by atoms with van der Waals surface area (Å²) in [7, 11) is 0. The van der Waals surface area contributed by atoms with E-state index in [-0.39, 0.29) is 0 Å². The Labute approximate surface area is 130 Å². The van der Waals surface area contributed by atoms with E-state index < -0.39 is 11.7 Å². The third-order valence-corrected chi connectivity index (χ3v) is 3.69. The van der Waals surface area contributed by atoms with Crippen molar-refractivity contribution in [3.63, 3.8) is 0 Å². The van der Waals surface area contributed by atoms with E-state index in [1.54, 1.807) is 10.6 Å². The van der Waals surface area contributed by atoms with Gasteiger partial charge in [0.2, 0.25) is 0 Å². The largest absolute Gasteiger partial charge is 0.416 e. The third-order valence-electron chi connectivity index (χ3n) is 3.69. The minimum Gasteiger partial charge on any atom is -0.285 e. The van der Waals surface area contributed by atoms with Crippen molar-refractivity contribution >= 4 is 0 Å². The maximum atomic E-state index is 12.9. The molecule has 0 aliphatic rings. The molecule has 0 atom stereocenters. The molecule has 120 valence electrons. The average Bonchev–Trinajstić information content (AvgIpc) is 3.08. The summed E-state index contributed by atoms with van der Waals surface area (Å²) in [6.07, 6.45) is -2.54. The molecule has 3 aromatic rings. The van der Waals surface area contributed by atoms with E-state index in [1.807, 2.05) is 13.8 Å². The van der Waals surface area contributed by atoms with E-state index >= 15 is 0 Å². The maximum absolute atomic E-state index is 12.9. The van der Waals surface area contributed by atoms with Gasteiger partial charge in [-0.1, -0.05) is 6.07 Å². The lowest BCUT2D eigenvalue weighted by atomic mass is 10.1. The molecule has 23 heavy (non-hydrogen) atoms. The summed E-state index contributed by atoms with van der Waals surface area (Å²) in [6, 6.07) is 5.09. The number of rotatable bonds is 3. The molecule has 0 bridgehead atoms. The second kappa shape index (κ2) is 5.53. The number of H-pyrrole nitrogens is 1. The molecule has 0 saturated heterocycles. The average molecular weight is 321 g/mol. The fourth-order valence-electron chi connectivity index (χ4n) is 2.42. The molecule has 0 aliphatic heterocycles. The number of benzene rings is 1. The molecule has 8 heteroatoms. The molecule has 2 heterocycles. The molecule has 0 unspecified atom stereocenters. The van der Waals surface area contributed by atoms with Crippen LogP contribution in [0.25, 0.3) is 5.69 Å². The molecular weight excluding hydrogens is 307 g/mol. The molecule has 0 radical (unpaired) electrons. The highest BCUT2D eigenvalue weighted by molar-refractivity contribution is 5.38. The van der Waals surface area contributed by atoms with Gasteiger partial charge in [0.1, 0.15) is 12.2 Å². The predicted octanol–water partition coefficient (Wildman–Crippen LogP) is 3.22. The van der Waals surface area contributed by atoms with Crippen molar-refractivity contribution in [2.45, 2.75) is 26.4 Å². The van der Waals surface area contributed by atoms with Crippen LogP contribution in [0.15, 0.2) is 30.6 Å². The van der Waals surface area contributed by atoms with E-state index in [1.165, 1.54) is 12.4 Å². The van der Waals surface area contributed by atoms with E-state index in [4.69, 9.17) is 0 Å². The number of aryl methyl sites for hydroxylation is 2. The van der Waals surface area contributed by atoms with Gasteiger partial charge in [-0.2, -0.15) is 18.3 Å². The summed E-state index contributed by atoms with van der Waals surface area (Å²) in [5, 5.41) is 14.9. The summed E-state index contributed by atoms with van der Waals surface area (Å²) in [4.78, 5) is 0. The SMILES string of the molecule is Cc1n[nH]c(C)c1Cc1nncn1-c1cccc(C(F)(F)F)c1. The monoisotopic (exact) mass is 321 g/mol. The fourth-order valence-corrected chi connectivity index (χ4v) is 2.42. The number of alkyl halides is 3. The molecule has 1 N–H and O–H groups in total. The smallest absolute Gasteiger partial charge is 0.285 e. The molecule has 0 fully saturated rings. The number of halogens is 3. The second-order valence-electron chi connectivity index (χ2n) is 5.25. The molecule has 5 nitrogen and oxygen atoms in total. The Hall–Kier alpha value is -2.64. The molecule has 1 aromatic carbocycles. The standard InChI is InChI=1S/C15H14F3N5/c1-9-13(10(2)21-20-9)7-14-22-19-8-23(14)12-5-3-4-11(6-12)15(16,17)18/h3-6,8H,7H2,1-2H3,(H,20,21).